The number of rotatable bonds is 5. The zero-order valence-corrected chi connectivity index (χ0v) is 9.10. The lowest BCUT2D eigenvalue weighted by Gasteiger charge is -2.03. The van der Waals surface area contributed by atoms with Crippen LogP contribution in [0.25, 0.3) is 0 Å². The predicted molar refractivity (Wildman–Crippen MR) is 58.6 cm³/mol. The van der Waals surface area contributed by atoms with E-state index in [-0.39, 0.29) is 17.7 Å². The van der Waals surface area contributed by atoms with Gasteiger partial charge in [-0.3, -0.25) is 4.79 Å². The zero-order valence-electron chi connectivity index (χ0n) is 9.10. The molecule has 0 aromatic heterocycles. The van der Waals surface area contributed by atoms with Gasteiger partial charge in [-0.15, -0.1) is 0 Å². The van der Waals surface area contributed by atoms with Crippen molar-refractivity contribution in [2.75, 3.05) is 6.61 Å². The molecule has 1 N–H and O–H groups in total. The van der Waals surface area contributed by atoms with Crippen molar-refractivity contribution >= 4 is 17.7 Å². The average Bonchev–Trinajstić information content (AvgIpc) is 2.35. The van der Waals surface area contributed by atoms with E-state index in [1.54, 1.807) is 6.92 Å². The van der Waals surface area contributed by atoms with Gasteiger partial charge in [0.2, 0.25) is 5.78 Å². The van der Waals surface area contributed by atoms with Crippen molar-refractivity contribution < 1.29 is 24.2 Å². The van der Waals surface area contributed by atoms with E-state index < -0.39 is 17.5 Å². The van der Waals surface area contributed by atoms with Crippen molar-refractivity contribution in [3.8, 4) is 0 Å². The molecule has 0 heterocycles. The Morgan fingerprint density at radius 2 is 1.76 bits per heavy atom. The second-order valence-corrected chi connectivity index (χ2v) is 3.08. The zero-order chi connectivity index (χ0) is 12.8. The lowest BCUT2D eigenvalue weighted by Crippen LogP contribution is -2.08. The summed E-state index contributed by atoms with van der Waals surface area (Å²) in [6.07, 6.45) is 0. The number of allylic oxidation sites excluding steroid dienone is 1. The first-order valence-electron chi connectivity index (χ1n) is 4.86. The number of aromatic carboxylic acids is 1. The highest BCUT2D eigenvalue weighted by Crippen LogP contribution is 2.09. The SMILES string of the molecule is CCOC(=C=O)C(=O)c1ccc(C(=O)O)cc1. The van der Waals surface area contributed by atoms with Crippen molar-refractivity contribution in [3.63, 3.8) is 0 Å². The predicted octanol–water partition coefficient (Wildman–Crippen LogP) is 1.32. The Balaban J connectivity index is 2.97. The van der Waals surface area contributed by atoms with Crippen LogP contribution < -0.4 is 0 Å². The molecule has 0 spiro atoms. The first kappa shape index (κ1) is 12.7. The molecule has 5 heteroatoms. The number of carbonyl (C=O) groups is 2. The Morgan fingerprint density at radius 1 is 1.24 bits per heavy atom. The number of carboxylic acids is 1. The van der Waals surface area contributed by atoms with Gasteiger partial charge in [0.05, 0.1) is 12.2 Å². The molecule has 17 heavy (non-hydrogen) atoms. The number of benzene rings is 1. The third-order valence-electron chi connectivity index (χ3n) is 1.98. The monoisotopic (exact) mass is 234 g/mol. The van der Waals surface area contributed by atoms with E-state index in [1.165, 1.54) is 30.2 Å². The number of ether oxygens (including phenoxy) is 1. The summed E-state index contributed by atoms with van der Waals surface area (Å²) in [4.78, 5) is 32.8. The minimum absolute atomic E-state index is 0.0644. The fourth-order valence-corrected chi connectivity index (χ4v) is 1.18. The maximum atomic E-state index is 11.7. The van der Waals surface area contributed by atoms with Crippen LogP contribution in [0.4, 0.5) is 0 Å². The lowest BCUT2D eigenvalue weighted by molar-refractivity contribution is 0.0696. The Hall–Kier alpha value is -2.39. The van der Waals surface area contributed by atoms with Crippen molar-refractivity contribution in [1.29, 1.82) is 0 Å². The summed E-state index contributed by atoms with van der Waals surface area (Å²) in [5.41, 5.74) is 0.247. The van der Waals surface area contributed by atoms with Gasteiger partial charge in [0.1, 0.15) is 0 Å². The van der Waals surface area contributed by atoms with Crippen LogP contribution in [0.2, 0.25) is 0 Å². The first-order valence-corrected chi connectivity index (χ1v) is 4.86. The van der Waals surface area contributed by atoms with Gasteiger partial charge in [0, 0.05) is 5.56 Å². The summed E-state index contributed by atoms with van der Waals surface area (Å²) in [5, 5.41) is 8.68. The second-order valence-electron chi connectivity index (χ2n) is 3.08. The van der Waals surface area contributed by atoms with E-state index in [4.69, 9.17) is 9.84 Å². The maximum absolute atomic E-state index is 11.7. The largest absolute Gasteiger partial charge is 0.481 e. The molecule has 0 unspecified atom stereocenters. The molecule has 1 aromatic carbocycles. The lowest BCUT2D eigenvalue weighted by atomic mass is 10.1. The van der Waals surface area contributed by atoms with Gasteiger partial charge in [-0.1, -0.05) is 12.1 Å². The number of carboxylic acid groups (broad SMARTS) is 1. The molecule has 0 saturated heterocycles. The van der Waals surface area contributed by atoms with Gasteiger partial charge in [-0.25, -0.2) is 9.59 Å². The highest BCUT2D eigenvalue weighted by Gasteiger charge is 2.15. The molecule has 0 aliphatic rings. The van der Waals surface area contributed by atoms with Crippen LogP contribution in [0.5, 0.6) is 0 Å². The maximum Gasteiger partial charge on any atom is 0.335 e. The van der Waals surface area contributed by atoms with Crippen LogP contribution in [0.3, 0.4) is 0 Å². The topological polar surface area (TPSA) is 80.7 Å². The fraction of sp³-hybridized carbons (Fsp3) is 0.167. The summed E-state index contributed by atoms with van der Waals surface area (Å²) >= 11 is 0. The summed E-state index contributed by atoms with van der Waals surface area (Å²) in [6.45, 7) is 1.82. The first-order chi connectivity index (χ1) is 8.10. The third-order valence-corrected chi connectivity index (χ3v) is 1.98. The summed E-state index contributed by atoms with van der Waals surface area (Å²) < 4.78 is 4.81. The minimum Gasteiger partial charge on any atom is -0.481 e. The molecule has 0 aliphatic carbocycles. The number of hydrogen-bond donors (Lipinski definition) is 1. The van der Waals surface area contributed by atoms with E-state index in [9.17, 15) is 14.4 Å². The molecule has 88 valence electrons. The number of Topliss-reactive ketones (excluding diaryl/α,β-unsaturated/α-hetero) is 1. The van der Waals surface area contributed by atoms with Crippen molar-refractivity contribution in [3.05, 3.63) is 41.2 Å². The van der Waals surface area contributed by atoms with Gasteiger partial charge in [-0.2, -0.15) is 0 Å². The Labute approximate surface area is 97.3 Å². The summed E-state index contributed by atoms with van der Waals surface area (Å²) in [7, 11) is 0. The molecule has 0 atom stereocenters. The van der Waals surface area contributed by atoms with Crippen LogP contribution in [0.15, 0.2) is 30.0 Å². The Bertz CT molecular complexity index is 480. The smallest absolute Gasteiger partial charge is 0.335 e. The van der Waals surface area contributed by atoms with E-state index >= 15 is 0 Å². The van der Waals surface area contributed by atoms with Crippen LogP contribution in [0.1, 0.15) is 27.6 Å². The molecule has 0 amide bonds. The van der Waals surface area contributed by atoms with Crippen LogP contribution in [0, 0.1) is 0 Å². The van der Waals surface area contributed by atoms with E-state index in [2.05, 4.69) is 0 Å². The molecular formula is C12H10O5. The Kier molecular flexibility index (Phi) is 4.20. The molecule has 1 rings (SSSR count). The van der Waals surface area contributed by atoms with Crippen LogP contribution in [-0.4, -0.2) is 29.4 Å². The van der Waals surface area contributed by atoms with E-state index in [1.807, 2.05) is 0 Å². The summed E-state index contributed by atoms with van der Waals surface area (Å²) in [5.74, 6) is -0.685. The van der Waals surface area contributed by atoms with Crippen molar-refractivity contribution in [2.45, 2.75) is 6.92 Å². The minimum atomic E-state index is -1.08. The van der Waals surface area contributed by atoms with Gasteiger partial charge in [-0.05, 0) is 19.1 Å². The molecule has 1 aromatic rings. The van der Waals surface area contributed by atoms with Gasteiger partial charge in [0.15, 0.2) is 5.94 Å². The molecule has 0 bridgehead atoms. The van der Waals surface area contributed by atoms with E-state index in [0.717, 1.165) is 0 Å². The fourth-order valence-electron chi connectivity index (χ4n) is 1.18. The van der Waals surface area contributed by atoms with Crippen LogP contribution >= 0.6 is 0 Å². The summed E-state index contributed by atoms with van der Waals surface area (Å²) in [6, 6.07) is 5.21. The standard InChI is InChI=1S/C12H10O5/c1-2-17-10(7-13)11(14)8-3-5-9(6-4-8)12(15)16/h3-6H,2H2,1H3,(H,15,16). The van der Waals surface area contributed by atoms with Gasteiger partial charge < -0.3 is 9.84 Å². The highest BCUT2D eigenvalue weighted by molar-refractivity contribution is 6.11. The number of carbonyl (C=O) groups excluding carboxylic acids is 2. The molecule has 0 aliphatic heterocycles. The molecule has 5 nitrogen and oxygen atoms in total. The quantitative estimate of drug-likeness (QED) is 0.359. The normalized spacial score (nSPS) is 9.24. The Morgan fingerprint density at radius 3 is 2.18 bits per heavy atom. The van der Waals surface area contributed by atoms with Crippen molar-refractivity contribution in [1.82, 2.24) is 0 Å². The molecule has 0 fully saturated rings. The molecule has 0 saturated carbocycles. The molecule has 0 radical (unpaired) electrons. The van der Waals surface area contributed by atoms with Crippen molar-refractivity contribution in [2.24, 2.45) is 0 Å². The molecular weight excluding hydrogens is 224 g/mol. The van der Waals surface area contributed by atoms with E-state index in [0.29, 0.717) is 0 Å². The van der Waals surface area contributed by atoms with Crippen LogP contribution in [-0.2, 0) is 9.53 Å². The number of hydrogen-bond acceptors (Lipinski definition) is 4. The highest BCUT2D eigenvalue weighted by atomic mass is 16.5. The van der Waals surface area contributed by atoms with Gasteiger partial charge >= 0.3 is 5.97 Å². The average molecular weight is 234 g/mol. The third kappa shape index (κ3) is 3.03. The second kappa shape index (κ2) is 5.63. The van der Waals surface area contributed by atoms with Gasteiger partial charge in [0.25, 0.3) is 5.76 Å². The number of ketones is 1.